The van der Waals surface area contributed by atoms with Crippen molar-refractivity contribution < 1.29 is 8.42 Å². The van der Waals surface area contributed by atoms with Crippen molar-refractivity contribution in [3.8, 4) is 0 Å². The monoisotopic (exact) mass is 300 g/mol. The van der Waals surface area contributed by atoms with Crippen molar-refractivity contribution in [3.63, 3.8) is 0 Å². The van der Waals surface area contributed by atoms with Crippen LogP contribution >= 0.6 is 11.3 Å². The first-order valence-electron chi connectivity index (χ1n) is 6.98. The molecule has 0 amide bonds. The van der Waals surface area contributed by atoms with Crippen molar-refractivity contribution >= 4 is 21.4 Å². The Balaban J connectivity index is 1.77. The molecule has 1 saturated carbocycles. The molecule has 2 fully saturated rings. The van der Waals surface area contributed by atoms with E-state index in [4.69, 9.17) is 0 Å². The van der Waals surface area contributed by atoms with Gasteiger partial charge in [0.05, 0.1) is 4.90 Å². The van der Waals surface area contributed by atoms with Gasteiger partial charge < -0.3 is 5.32 Å². The maximum atomic E-state index is 12.6. The van der Waals surface area contributed by atoms with Crippen LogP contribution in [0.1, 0.15) is 37.0 Å². The van der Waals surface area contributed by atoms with Gasteiger partial charge in [-0.15, -0.1) is 11.3 Å². The van der Waals surface area contributed by atoms with Crippen LogP contribution in [0, 0.1) is 0 Å². The van der Waals surface area contributed by atoms with E-state index < -0.39 is 10.0 Å². The maximum Gasteiger partial charge on any atom is 0.244 e. The second kappa shape index (κ2) is 5.52. The lowest BCUT2D eigenvalue weighted by atomic mass is 10.2. The summed E-state index contributed by atoms with van der Waals surface area (Å²) in [6, 6.07) is 2.37. The summed E-state index contributed by atoms with van der Waals surface area (Å²) in [5.41, 5.74) is 0. The highest BCUT2D eigenvalue weighted by molar-refractivity contribution is 7.89. The summed E-state index contributed by atoms with van der Waals surface area (Å²) in [5, 5.41) is 5.29. The molecule has 1 saturated heterocycles. The molecule has 1 N–H and O–H groups in total. The highest BCUT2D eigenvalue weighted by Gasteiger charge is 2.29. The predicted octanol–water partition coefficient (Wildman–Crippen LogP) is 2.17. The standard InChI is InChI=1S/C13H20N2O2S2/c16-19(17,15-7-2-1-3-8-15)13-6-9-18-12(13)10-14-11-4-5-11/h6,9,11,14H,1-5,7-8,10H2. The molecule has 3 rings (SSSR count). The Morgan fingerprint density at radius 2 is 2.00 bits per heavy atom. The first-order chi connectivity index (χ1) is 9.18. The van der Waals surface area contributed by atoms with E-state index >= 15 is 0 Å². The minimum atomic E-state index is -3.27. The van der Waals surface area contributed by atoms with Crippen LogP contribution in [0.2, 0.25) is 0 Å². The zero-order valence-corrected chi connectivity index (χ0v) is 12.6. The van der Waals surface area contributed by atoms with E-state index in [1.807, 2.05) is 5.38 Å². The Morgan fingerprint density at radius 3 is 2.68 bits per heavy atom. The molecule has 2 aliphatic rings. The molecule has 0 unspecified atom stereocenters. The molecule has 106 valence electrons. The SMILES string of the molecule is O=S(=O)(c1ccsc1CNC1CC1)N1CCCCC1. The van der Waals surface area contributed by atoms with Crippen LogP contribution in [0.15, 0.2) is 16.3 Å². The Morgan fingerprint density at radius 1 is 1.26 bits per heavy atom. The summed E-state index contributed by atoms with van der Waals surface area (Å²) < 4.78 is 26.9. The van der Waals surface area contributed by atoms with Gasteiger partial charge in [0.15, 0.2) is 0 Å². The number of hydrogen-bond acceptors (Lipinski definition) is 4. The smallest absolute Gasteiger partial charge is 0.244 e. The van der Waals surface area contributed by atoms with Crippen LogP contribution in [0.25, 0.3) is 0 Å². The number of nitrogens with one attached hydrogen (secondary N) is 1. The third-order valence-electron chi connectivity index (χ3n) is 3.77. The molecule has 1 aliphatic carbocycles. The van der Waals surface area contributed by atoms with E-state index in [9.17, 15) is 8.42 Å². The summed E-state index contributed by atoms with van der Waals surface area (Å²) >= 11 is 1.54. The molecule has 0 spiro atoms. The highest BCUT2D eigenvalue weighted by Crippen LogP contribution is 2.28. The fraction of sp³-hybridized carbons (Fsp3) is 0.692. The Bertz CT molecular complexity index is 529. The Labute approximate surface area is 118 Å². The van der Waals surface area contributed by atoms with Crippen LogP contribution in [0.5, 0.6) is 0 Å². The molecule has 19 heavy (non-hydrogen) atoms. The topological polar surface area (TPSA) is 49.4 Å². The van der Waals surface area contributed by atoms with Gasteiger partial charge in [-0.1, -0.05) is 6.42 Å². The quantitative estimate of drug-likeness (QED) is 0.906. The van der Waals surface area contributed by atoms with Crippen LogP contribution in [-0.4, -0.2) is 31.9 Å². The molecule has 0 aromatic carbocycles. The molecule has 6 heteroatoms. The van der Waals surface area contributed by atoms with Gasteiger partial charge in [0.2, 0.25) is 10.0 Å². The minimum absolute atomic E-state index is 0.521. The van der Waals surface area contributed by atoms with Gasteiger partial charge in [0.25, 0.3) is 0 Å². The van der Waals surface area contributed by atoms with Gasteiger partial charge in [-0.2, -0.15) is 4.31 Å². The van der Waals surface area contributed by atoms with Crippen LogP contribution in [0.3, 0.4) is 0 Å². The predicted molar refractivity (Wildman–Crippen MR) is 76.8 cm³/mol. The molecule has 0 radical (unpaired) electrons. The van der Waals surface area contributed by atoms with E-state index in [2.05, 4.69) is 5.32 Å². The van der Waals surface area contributed by atoms with Crippen LogP contribution in [0.4, 0.5) is 0 Å². The van der Waals surface area contributed by atoms with Crippen molar-refractivity contribution in [2.75, 3.05) is 13.1 Å². The largest absolute Gasteiger partial charge is 0.309 e. The summed E-state index contributed by atoms with van der Waals surface area (Å²) in [7, 11) is -3.27. The molecule has 4 nitrogen and oxygen atoms in total. The van der Waals surface area contributed by atoms with E-state index in [1.165, 1.54) is 12.8 Å². The fourth-order valence-corrected chi connectivity index (χ4v) is 5.34. The second-order valence-corrected chi connectivity index (χ2v) is 8.23. The van der Waals surface area contributed by atoms with E-state index in [-0.39, 0.29) is 0 Å². The third kappa shape index (κ3) is 3.02. The molecule has 0 bridgehead atoms. The number of rotatable bonds is 5. The third-order valence-corrected chi connectivity index (χ3v) is 6.80. The van der Waals surface area contributed by atoms with Crippen molar-refractivity contribution in [1.29, 1.82) is 0 Å². The van der Waals surface area contributed by atoms with E-state index in [0.29, 0.717) is 30.6 Å². The molecular formula is C13H20N2O2S2. The van der Waals surface area contributed by atoms with Gasteiger partial charge in [-0.25, -0.2) is 8.42 Å². The molecule has 1 aliphatic heterocycles. The lowest BCUT2D eigenvalue weighted by molar-refractivity contribution is 0.346. The fourth-order valence-electron chi connectivity index (χ4n) is 2.46. The van der Waals surface area contributed by atoms with E-state index in [0.717, 1.165) is 24.1 Å². The van der Waals surface area contributed by atoms with Gasteiger partial charge >= 0.3 is 0 Å². The number of thiophene rings is 1. The van der Waals surface area contributed by atoms with Gasteiger partial charge in [0, 0.05) is 30.6 Å². The van der Waals surface area contributed by atoms with Crippen LogP contribution < -0.4 is 5.32 Å². The number of sulfonamides is 1. The zero-order valence-electron chi connectivity index (χ0n) is 11.0. The van der Waals surface area contributed by atoms with Gasteiger partial charge in [-0.05, 0) is 37.1 Å². The first-order valence-corrected chi connectivity index (χ1v) is 9.30. The van der Waals surface area contributed by atoms with Gasteiger partial charge in [0.1, 0.15) is 0 Å². The summed E-state index contributed by atoms with van der Waals surface area (Å²) in [4.78, 5) is 1.48. The maximum absolute atomic E-state index is 12.6. The van der Waals surface area contributed by atoms with Gasteiger partial charge in [-0.3, -0.25) is 0 Å². The average Bonchev–Trinajstić information content (AvgIpc) is 3.13. The summed E-state index contributed by atoms with van der Waals surface area (Å²) in [5.74, 6) is 0. The summed E-state index contributed by atoms with van der Waals surface area (Å²) in [6.45, 7) is 2.03. The summed E-state index contributed by atoms with van der Waals surface area (Å²) in [6.07, 6.45) is 5.56. The number of nitrogens with zero attached hydrogens (tertiary/aromatic N) is 1. The Hall–Kier alpha value is -0.430. The van der Waals surface area contributed by atoms with Crippen molar-refractivity contribution in [2.24, 2.45) is 0 Å². The second-order valence-electron chi connectivity index (χ2n) is 5.33. The number of hydrogen-bond donors (Lipinski definition) is 1. The van der Waals surface area contributed by atoms with E-state index in [1.54, 1.807) is 21.7 Å². The lowest BCUT2D eigenvalue weighted by Crippen LogP contribution is -2.36. The molecule has 0 atom stereocenters. The molecule has 1 aromatic rings. The van der Waals surface area contributed by atoms with Crippen LogP contribution in [-0.2, 0) is 16.6 Å². The molecular weight excluding hydrogens is 280 g/mol. The normalized spacial score (nSPS) is 21.7. The minimum Gasteiger partial charge on any atom is -0.309 e. The van der Waals surface area contributed by atoms with Crippen molar-refractivity contribution in [3.05, 3.63) is 16.3 Å². The van der Waals surface area contributed by atoms with Crippen molar-refractivity contribution in [1.82, 2.24) is 9.62 Å². The number of piperidine rings is 1. The zero-order chi connectivity index (χ0) is 13.3. The van der Waals surface area contributed by atoms with Crippen molar-refractivity contribution in [2.45, 2.75) is 49.6 Å². The highest BCUT2D eigenvalue weighted by atomic mass is 32.2. The molecule has 2 heterocycles. The first kappa shape index (κ1) is 13.5. The lowest BCUT2D eigenvalue weighted by Gasteiger charge is -2.26. The molecule has 1 aromatic heterocycles. The average molecular weight is 300 g/mol. The Kier molecular flexibility index (Phi) is 3.93.